The van der Waals surface area contributed by atoms with Crippen molar-refractivity contribution in [1.82, 2.24) is 4.90 Å². The second-order valence-corrected chi connectivity index (χ2v) is 7.93. The van der Waals surface area contributed by atoms with E-state index in [0.717, 1.165) is 4.90 Å². The van der Waals surface area contributed by atoms with Gasteiger partial charge in [-0.3, -0.25) is 19.3 Å². The second kappa shape index (κ2) is 7.12. The molecule has 0 saturated heterocycles. The fourth-order valence-corrected chi connectivity index (χ4v) is 3.69. The minimum Gasteiger partial charge on any atom is -0.463 e. The van der Waals surface area contributed by atoms with Crippen LogP contribution in [0.2, 0.25) is 0 Å². The third-order valence-electron chi connectivity index (χ3n) is 3.80. The fraction of sp³-hybridized carbons (Fsp3) is 0.438. The van der Waals surface area contributed by atoms with Gasteiger partial charge in [0, 0.05) is 0 Å². The van der Waals surface area contributed by atoms with E-state index in [1.807, 2.05) is 0 Å². The summed E-state index contributed by atoms with van der Waals surface area (Å²) in [6.45, 7) is 2.63. The monoisotopic (exact) mass is 353 g/mol. The first kappa shape index (κ1) is 18.1. The molecule has 0 fully saturated rings. The van der Waals surface area contributed by atoms with Crippen molar-refractivity contribution in [2.75, 3.05) is 18.9 Å². The number of imide groups is 1. The number of hydrogen-bond acceptors (Lipinski definition) is 6. The van der Waals surface area contributed by atoms with E-state index in [1.165, 1.54) is 6.92 Å². The molecule has 130 valence electrons. The minimum absolute atomic E-state index is 0.0956. The zero-order chi connectivity index (χ0) is 17.9. The van der Waals surface area contributed by atoms with Gasteiger partial charge >= 0.3 is 5.97 Å². The van der Waals surface area contributed by atoms with Gasteiger partial charge in [-0.05, 0) is 25.5 Å². The number of carbonyl (C=O) groups is 3. The lowest BCUT2D eigenvalue weighted by molar-refractivity contribution is -0.143. The van der Waals surface area contributed by atoms with E-state index in [0.29, 0.717) is 17.5 Å². The normalized spacial score (nSPS) is 15.3. The van der Waals surface area contributed by atoms with Crippen LogP contribution >= 0.6 is 0 Å². The Hall–Kier alpha value is -2.22. The van der Waals surface area contributed by atoms with Gasteiger partial charge in [0.25, 0.3) is 11.8 Å². The van der Waals surface area contributed by atoms with Crippen molar-refractivity contribution in [3.8, 4) is 0 Å². The van der Waals surface area contributed by atoms with Gasteiger partial charge in [-0.1, -0.05) is 19.1 Å². The Morgan fingerprint density at radius 3 is 2.21 bits per heavy atom. The summed E-state index contributed by atoms with van der Waals surface area (Å²) in [4.78, 5) is 37.1. The van der Waals surface area contributed by atoms with Crippen LogP contribution in [-0.4, -0.2) is 55.3 Å². The molecule has 24 heavy (non-hydrogen) atoms. The first-order valence-electron chi connectivity index (χ1n) is 7.63. The highest BCUT2D eigenvalue weighted by molar-refractivity contribution is 7.92. The van der Waals surface area contributed by atoms with Crippen LogP contribution in [0.4, 0.5) is 0 Å². The molecule has 8 heteroatoms. The maximum Gasteiger partial charge on any atom is 0.324 e. The van der Waals surface area contributed by atoms with Crippen LogP contribution in [0.5, 0.6) is 0 Å². The summed E-state index contributed by atoms with van der Waals surface area (Å²) in [5, 5.41) is -1.26. The molecule has 0 radical (unpaired) electrons. The number of ether oxygens (including phenoxy) is 1. The van der Waals surface area contributed by atoms with Crippen molar-refractivity contribution >= 4 is 27.6 Å². The molecule has 0 bridgehead atoms. The number of esters is 1. The third-order valence-corrected chi connectivity index (χ3v) is 6.04. The lowest BCUT2D eigenvalue weighted by Gasteiger charge is -2.15. The molecule has 1 atom stereocenters. The molecule has 0 spiro atoms. The third kappa shape index (κ3) is 3.48. The molecule has 7 nitrogen and oxygen atoms in total. The lowest BCUT2D eigenvalue weighted by Crippen LogP contribution is -2.36. The molecule has 0 aromatic heterocycles. The number of nitrogens with zero attached hydrogens (tertiary/aromatic N) is 1. The van der Waals surface area contributed by atoms with Crippen LogP contribution in [0.15, 0.2) is 24.3 Å². The van der Waals surface area contributed by atoms with E-state index < -0.39 is 32.9 Å². The number of amides is 2. The van der Waals surface area contributed by atoms with E-state index in [1.54, 1.807) is 31.2 Å². The van der Waals surface area contributed by atoms with Crippen LogP contribution in [0.25, 0.3) is 0 Å². The number of hydrogen-bond donors (Lipinski definition) is 0. The molecular formula is C16H19NO6S. The summed E-state index contributed by atoms with van der Waals surface area (Å²) in [6.07, 6.45) is 0.412. The van der Waals surface area contributed by atoms with E-state index in [2.05, 4.69) is 0 Å². The number of benzene rings is 1. The number of rotatable bonds is 7. The smallest absolute Gasteiger partial charge is 0.324 e. The Labute approximate surface area is 140 Å². The summed E-state index contributed by atoms with van der Waals surface area (Å²) in [5.41, 5.74) is 0.625. The average Bonchev–Trinajstić information content (AvgIpc) is 2.79. The van der Waals surface area contributed by atoms with Crippen molar-refractivity contribution in [3.05, 3.63) is 35.4 Å². The molecule has 2 amide bonds. The van der Waals surface area contributed by atoms with Gasteiger partial charge in [0.1, 0.15) is 6.61 Å². The van der Waals surface area contributed by atoms with E-state index in [4.69, 9.17) is 4.74 Å². The number of fused-ring (bicyclic) bond motifs is 1. The zero-order valence-corrected chi connectivity index (χ0v) is 14.3. The van der Waals surface area contributed by atoms with Gasteiger partial charge in [-0.25, -0.2) is 8.42 Å². The first-order chi connectivity index (χ1) is 11.3. The summed E-state index contributed by atoms with van der Waals surface area (Å²) in [7, 11) is -3.55. The second-order valence-electron chi connectivity index (χ2n) is 5.48. The van der Waals surface area contributed by atoms with Crippen LogP contribution < -0.4 is 0 Å². The Morgan fingerprint density at radius 2 is 1.71 bits per heavy atom. The van der Waals surface area contributed by atoms with Crippen molar-refractivity contribution < 1.29 is 27.5 Å². The highest BCUT2D eigenvalue weighted by atomic mass is 32.2. The van der Waals surface area contributed by atoms with E-state index in [-0.39, 0.29) is 18.9 Å². The van der Waals surface area contributed by atoms with Gasteiger partial charge in [0.15, 0.2) is 15.1 Å². The van der Waals surface area contributed by atoms with Gasteiger partial charge in [0.2, 0.25) is 0 Å². The minimum atomic E-state index is -3.55. The van der Waals surface area contributed by atoms with Crippen LogP contribution in [0.3, 0.4) is 0 Å². The molecule has 1 aromatic carbocycles. The van der Waals surface area contributed by atoms with E-state index >= 15 is 0 Å². The highest BCUT2D eigenvalue weighted by Crippen LogP contribution is 2.21. The van der Waals surface area contributed by atoms with Crippen molar-refractivity contribution in [2.45, 2.75) is 25.5 Å². The predicted molar refractivity (Wildman–Crippen MR) is 86.3 cm³/mol. The molecule has 0 aliphatic carbocycles. The summed E-state index contributed by atoms with van der Waals surface area (Å²) < 4.78 is 28.6. The standard InChI is InChI=1S/C16H19NO6S/c1-3-10-24(21,22)11(2)16(20)23-9-8-17-14(18)12-6-4-5-7-13(12)15(17)19/h4-7,11H,3,8-10H2,1-2H3. The maximum absolute atomic E-state index is 12.1. The first-order valence-corrected chi connectivity index (χ1v) is 9.34. The molecule has 1 aliphatic rings. The highest BCUT2D eigenvalue weighted by Gasteiger charge is 2.35. The molecule has 0 N–H and O–H groups in total. The topological polar surface area (TPSA) is 97.8 Å². The largest absolute Gasteiger partial charge is 0.463 e. The quantitative estimate of drug-likeness (QED) is 0.537. The Balaban J connectivity index is 1.93. The van der Waals surface area contributed by atoms with Crippen molar-refractivity contribution in [1.29, 1.82) is 0 Å². The SMILES string of the molecule is CCCS(=O)(=O)C(C)C(=O)OCCN1C(=O)c2ccccc2C1=O. The number of carbonyl (C=O) groups excluding carboxylic acids is 3. The van der Waals surface area contributed by atoms with Crippen LogP contribution in [-0.2, 0) is 19.4 Å². The fourth-order valence-electron chi connectivity index (χ4n) is 2.40. The summed E-state index contributed by atoms with van der Waals surface area (Å²) in [6, 6.07) is 6.43. The molecule has 1 unspecified atom stereocenters. The summed E-state index contributed by atoms with van der Waals surface area (Å²) >= 11 is 0. The Kier molecular flexibility index (Phi) is 5.38. The van der Waals surface area contributed by atoms with Crippen LogP contribution in [0.1, 0.15) is 41.0 Å². The molecule has 2 rings (SSSR count). The predicted octanol–water partition coefficient (Wildman–Crippen LogP) is 1.04. The van der Waals surface area contributed by atoms with Gasteiger partial charge in [-0.15, -0.1) is 0 Å². The van der Waals surface area contributed by atoms with Gasteiger partial charge in [0.05, 0.1) is 23.4 Å². The van der Waals surface area contributed by atoms with E-state index in [9.17, 15) is 22.8 Å². The lowest BCUT2D eigenvalue weighted by atomic mass is 10.1. The summed E-state index contributed by atoms with van der Waals surface area (Å²) in [5.74, 6) is -1.86. The maximum atomic E-state index is 12.1. The van der Waals surface area contributed by atoms with Gasteiger partial charge < -0.3 is 4.74 Å². The molecular weight excluding hydrogens is 334 g/mol. The number of sulfone groups is 1. The Bertz CT molecular complexity index is 736. The average molecular weight is 353 g/mol. The van der Waals surface area contributed by atoms with Crippen molar-refractivity contribution in [2.24, 2.45) is 0 Å². The van der Waals surface area contributed by atoms with Gasteiger partial charge in [-0.2, -0.15) is 0 Å². The van der Waals surface area contributed by atoms with Crippen LogP contribution in [0, 0.1) is 0 Å². The molecule has 0 saturated carbocycles. The van der Waals surface area contributed by atoms with Crippen molar-refractivity contribution in [3.63, 3.8) is 0 Å². The Morgan fingerprint density at radius 1 is 1.17 bits per heavy atom. The zero-order valence-electron chi connectivity index (χ0n) is 13.5. The molecule has 1 heterocycles. The molecule has 1 aliphatic heterocycles. The molecule has 1 aromatic rings.